The predicted octanol–water partition coefficient (Wildman–Crippen LogP) is 4.73. The number of benzene rings is 3. The zero-order chi connectivity index (χ0) is 22.3. The summed E-state index contributed by atoms with van der Waals surface area (Å²) in [7, 11) is 0. The van der Waals surface area contributed by atoms with Gasteiger partial charge in [-0.25, -0.2) is 0 Å². The molecule has 162 valence electrons. The van der Waals surface area contributed by atoms with Gasteiger partial charge in [0.2, 0.25) is 0 Å². The fraction of sp³-hybridized carbons (Fsp3) is 0.357. The zero-order valence-electron chi connectivity index (χ0n) is 18.8. The molecular formula is C28H34N2O. The van der Waals surface area contributed by atoms with Crippen LogP contribution in [-0.4, -0.2) is 16.4 Å². The Hall–Kier alpha value is -2.46. The van der Waals surface area contributed by atoms with Crippen molar-refractivity contribution >= 4 is 0 Å². The summed E-state index contributed by atoms with van der Waals surface area (Å²) in [6.45, 7) is 6.29. The number of hydrogen-bond donors (Lipinski definition) is 3. The Bertz CT molecular complexity index is 977. The van der Waals surface area contributed by atoms with Crippen LogP contribution in [0.1, 0.15) is 50.3 Å². The Morgan fingerprint density at radius 2 is 1.06 bits per heavy atom. The van der Waals surface area contributed by atoms with E-state index in [-0.39, 0.29) is 5.92 Å². The maximum atomic E-state index is 12.1. The maximum Gasteiger partial charge on any atom is 0.108 e. The molecule has 31 heavy (non-hydrogen) atoms. The normalized spacial score (nSPS) is 27.2. The van der Waals surface area contributed by atoms with E-state index < -0.39 is 22.1 Å². The summed E-state index contributed by atoms with van der Waals surface area (Å²) in [5, 5.41) is 12.1. The lowest BCUT2D eigenvalue weighted by molar-refractivity contribution is -0.145. The molecule has 3 heteroatoms. The van der Waals surface area contributed by atoms with E-state index in [2.05, 4.69) is 55.5 Å². The lowest BCUT2D eigenvalue weighted by Crippen LogP contribution is -2.84. The van der Waals surface area contributed by atoms with Gasteiger partial charge in [-0.2, -0.15) is 0 Å². The Kier molecular flexibility index (Phi) is 5.33. The van der Waals surface area contributed by atoms with Crippen molar-refractivity contribution in [2.24, 2.45) is 17.4 Å². The fourth-order valence-electron chi connectivity index (χ4n) is 6.21. The SMILES string of the molecule is CC(C)C1(O)CCC(C)(c2ccccc2)C(c2ccccc2)(c2ccccc2)C1(N)N. The lowest BCUT2D eigenvalue weighted by Gasteiger charge is -2.67. The first kappa shape index (κ1) is 21.8. The van der Waals surface area contributed by atoms with E-state index in [4.69, 9.17) is 11.5 Å². The average Bonchev–Trinajstić information content (AvgIpc) is 2.79. The first-order valence-electron chi connectivity index (χ1n) is 11.2. The summed E-state index contributed by atoms with van der Waals surface area (Å²) in [6, 6.07) is 31.1. The molecule has 4 rings (SSSR count). The molecule has 0 aromatic heterocycles. The van der Waals surface area contributed by atoms with Gasteiger partial charge in [-0.3, -0.25) is 0 Å². The van der Waals surface area contributed by atoms with Gasteiger partial charge in [0.1, 0.15) is 5.66 Å². The van der Waals surface area contributed by atoms with Gasteiger partial charge in [-0.05, 0) is 35.4 Å². The molecule has 3 nitrogen and oxygen atoms in total. The molecule has 1 saturated carbocycles. The van der Waals surface area contributed by atoms with E-state index in [1.807, 2.05) is 56.3 Å². The van der Waals surface area contributed by atoms with Crippen molar-refractivity contribution in [3.8, 4) is 0 Å². The van der Waals surface area contributed by atoms with Crippen molar-refractivity contribution in [3.05, 3.63) is 108 Å². The molecular weight excluding hydrogens is 380 g/mol. The van der Waals surface area contributed by atoms with Crippen molar-refractivity contribution in [3.63, 3.8) is 0 Å². The highest BCUT2D eigenvalue weighted by molar-refractivity contribution is 5.55. The van der Waals surface area contributed by atoms with E-state index in [0.29, 0.717) is 6.42 Å². The molecule has 2 unspecified atom stereocenters. The van der Waals surface area contributed by atoms with Crippen LogP contribution in [0.4, 0.5) is 0 Å². The van der Waals surface area contributed by atoms with Gasteiger partial charge in [0.05, 0.1) is 11.0 Å². The molecule has 1 aliphatic rings. The van der Waals surface area contributed by atoms with Crippen LogP contribution in [0.3, 0.4) is 0 Å². The quantitative estimate of drug-likeness (QED) is 0.541. The van der Waals surface area contributed by atoms with Crippen molar-refractivity contribution in [2.75, 3.05) is 0 Å². The van der Waals surface area contributed by atoms with Crippen LogP contribution in [-0.2, 0) is 10.8 Å². The molecule has 0 spiro atoms. The van der Waals surface area contributed by atoms with Crippen LogP contribution in [0, 0.1) is 5.92 Å². The summed E-state index contributed by atoms with van der Waals surface area (Å²) < 4.78 is 0. The highest BCUT2D eigenvalue weighted by atomic mass is 16.3. The second-order valence-corrected chi connectivity index (χ2v) is 9.63. The molecule has 0 amide bonds. The van der Waals surface area contributed by atoms with Crippen molar-refractivity contribution in [2.45, 2.75) is 55.7 Å². The first-order chi connectivity index (χ1) is 14.7. The third kappa shape index (κ3) is 2.84. The van der Waals surface area contributed by atoms with Crippen LogP contribution in [0.2, 0.25) is 0 Å². The minimum absolute atomic E-state index is 0.102. The lowest BCUT2D eigenvalue weighted by atomic mass is 9.41. The number of rotatable bonds is 4. The van der Waals surface area contributed by atoms with Crippen molar-refractivity contribution < 1.29 is 5.11 Å². The second kappa shape index (κ2) is 7.59. The molecule has 0 radical (unpaired) electrons. The highest BCUT2D eigenvalue weighted by Gasteiger charge is 2.71. The topological polar surface area (TPSA) is 72.3 Å². The summed E-state index contributed by atoms with van der Waals surface area (Å²) in [5.41, 5.74) is 13.7. The Labute approximate surface area is 186 Å². The van der Waals surface area contributed by atoms with Gasteiger partial charge >= 0.3 is 0 Å². The molecule has 0 saturated heterocycles. The predicted molar refractivity (Wildman–Crippen MR) is 128 cm³/mol. The van der Waals surface area contributed by atoms with Crippen molar-refractivity contribution in [1.29, 1.82) is 0 Å². The van der Waals surface area contributed by atoms with E-state index in [9.17, 15) is 5.11 Å². The molecule has 3 aromatic carbocycles. The molecule has 3 aromatic rings. The first-order valence-corrected chi connectivity index (χ1v) is 11.2. The van der Waals surface area contributed by atoms with Crippen LogP contribution in [0.5, 0.6) is 0 Å². The molecule has 5 N–H and O–H groups in total. The number of nitrogens with two attached hydrogens (primary N) is 2. The molecule has 1 fully saturated rings. The van der Waals surface area contributed by atoms with Crippen molar-refractivity contribution in [1.82, 2.24) is 0 Å². The Balaban J connectivity index is 2.18. The minimum Gasteiger partial charge on any atom is -0.386 e. The zero-order valence-corrected chi connectivity index (χ0v) is 18.8. The minimum atomic E-state index is -1.43. The summed E-state index contributed by atoms with van der Waals surface area (Å²) in [6.07, 6.45) is 1.29. The van der Waals surface area contributed by atoms with Crippen LogP contribution in [0.25, 0.3) is 0 Å². The smallest absolute Gasteiger partial charge is 0.108 e. The van der Waals surface area contributed by atoms with Crippen LogP contribution >= 0.6 is 0 Å². The molecule has 2 atom stereocenters. The summed E-state index contributed by atoms with van der Waals surface area (Å²) in [5.74, 6) is -0.102. The largest absolute Gasteiger partial charge is 0.386 e. The van der Waals surface area contributed by atoms with Gasteiger partial charge in [-0.15, -0.1) is 0 Å². The van der Waals surface area contributed by atoms with E-state index in [0.717, 1.165) is 17.5 Å². The number of aliphatic hydroxyl groups is 1. The molecule has 0 heterocycles. The Morgan fingerprint density at radius 3 is 1.45 bits per heavy atom. The number of hydrogen-bond acceptors (Lipinski definition) is 3. The molecule has 1 aliphatic carbocycles. The van der Waals surface area contributed by atoms with E-state index >= 15 is 0 Å². The van der Waals surface area contributed by atoms with Gasteiger partial charge in [0.15, 0.2) is 0 Å². The van der Waals surface area contributed by atoms with E-state index in [1.165, 1.54) is 5.56 Å². The summed E-state index contributed by atoms with van der Waals surface area (Å²) in [4.78, 5) is 0. The Morgan fingerprint density at radius 1 is 0.677 bits per heavy atom. The average molecular weight is 415 g/mol. The molecule has 0 aliphatic heterocycles. The van der Waals surface area contributed by atoms with E-state index in [1.54, 1.807) is 0 Å². The summed E-state index contributed by atoms with van der Waals surface area (Å²) >= 11 is 0. The van der Waals surface area contributed by atoms with Gasteiger partial charge in [-0.1, -0.05) is 112 Å². The standard InChI is InChI=1S/C28H34N2O/c1-21(2)26(31)20-19-25(3,22-13-7-4-8-14-22)27(28(26,29)30,23-15-9-5-10-16-23)24-17-11-6-12-18-24/h4-18,21,31H,19-20,29-30H2,1-3H3. The van der Waals surface area contributed by atoms with Gasteiger partial charge in [0.25, 0.3) is 0 Å². The van der Waals surface area contributed by atoms with Gasteiger partial charge in [0, 0.05) is 5.41 Å². The fourth-order valence-corrected chi connectivity index (χ4v) is 6.21. The molecule has 0 bridgehead atoms. The maximum absolute atomic E-state index is 12.1. The van der Waals surface area contributed by atoms with Crippen LogP contribution < -0.4 is 11.5 Å². The second-order valence-electron chi connectivity index (χ2n) is 9.63. The highest BCUT2D eigenvalue weighted by Crippen LogP contribution is 2.62. The van der Waals surface area contributed by atoms with Crippen LogP contribution in [0.15, 0.2) is 91.0 Å². The monoisotopic (exact) mass is 414 g/mol. The van der Waals surface area contributed by atoms with Gasteiger partial charge < -0.3 is 16.6 Å². The third-order valence-electron chi connectivity index (χ3n) is 7.95. The third-order valence-corrected chi connectivity index (χ3v) is 7.95.